The standard InChI is InChI=1S/C9H15N3O2.ClH/c1-2-3-4-10-5-7-6-11-9(14)12-8(7)13;/h6,10H,2-5H2,1H3,(H2,11,12,13,14);1H. The molecule has 86 valence electrons. The summed E-state index contributed by atoms with van der Waals surface area (Å²) in [5, 5.41) is 3.12. The van der Waals surface area contributed by atoms with Gasteiger partial charge in [-0.3, -0.25) is 9.78 Å². The third kappa shape index (κ3) is 4.80. The fraction of sp³-hybridized carbons (Fsp3) is 0.556. The third-order valence-corrected chi connectivity index (χ3v) is 1.92. The monoisotopic (exact) mass is 233 g/mol. The van der Waals surface area contributed by atoms with E-state index < -0.39 is 5.69 Å². The van der Waals surface area contributed by atoms with Gasteiger partial charge in [0.2, 0.25) is 0 Å². The molecule has 1 aromatic rings. The number of H-pyrrole nitrogens is 2. The van der Waals surface area contributed by atoms with E-state index in [0.29, 0.717) is 12.1 Å². The molecule has 0 fully saturated rings. The lowest BCUT2D eigenvalue weighted by molar-refractivity contribution is 0.635. The SMILES string of the molecule is CCCCNCc1c[nH]c(=O)[nH]c1=O.Cl. The minimum Gasteiger partial charge on any atom is -0.314 e. The first kappa shape index (κ1) is 13.9. The minimum absolute atomic E-state index is 0. The molecule has 3 N–H and O–H groups in total. The van der Waals surface area contributed by atoms with E-state index in [2.05, 4.69) is 22.2 Å². The lowest BCUT2D eigenvalue weighted by atomic mass is 10.3. The van der Waals surface area contributed by atoms with E-state index in [1.165, 1.54) is 6.20 Å². The van der Waals surface area contributed by atoms with Crippen molar-refractivity contribution in [2.45, 2.75) is 26.3 Å². The van der Waals surface area contributed by atoms with Gasteiger partial charge in [0.1, 0.15) is 0 Å². The molecule has 0 bridgehead atoms. The van der Waals surface area contributed by atoms with E-state index in [1.54, 1.807) is 0 Å². The Morgan fingerprint density at radius 1 is 1.40 bits per heavy atom. The minimum atomic E-state index is -0.465. The van der Waals surface area contributed by atoms with Crippen molar-refractivity contribution in [1.82, 2.24) is 15.3 Å². The van der Waals surface area contributed by atoms with E-state index >= 15 is 0 Å². The fourth-order valence-electron chi connectivity index (χ4n) is 1.09. The number of rotatable bonds is 5. The average Bonchev–Trinajstić information content (AvgIpc) is 2.15. The van der Waals surface area contributed by atoms with Crippen molar-refractivity contribution in [2.75, 3.05) is 6.54 Å². The fourth-order valence-corrected chi connectivity index (χ4v) is 1.09. The molecule has 1 rings (SSSR count). The van der Waals surface area contributed by atoms with E-state index in [4.69, 9.17) is 0 Å². The van der Waals surface area contributed by atoms with Crippen molar-refractivity contribution >= 4 is 12.4 Å². The number of halogens is 1. The molecule has 0 spiro atoms. The number of hydrogen-bond acceptors (Lipinski definition) is 3. The van der Waals surface area contributed by atoms with Crippen LogP contribution in [0.4, 0.5) is 0 Å². The number of nitrogens with one attached hydrogen (secondary N) is 3. The maximum absolute atomic E-state index is 11.2. The largest absolute Gasteiger partial charge is 0.325 e. The Kier molecular flexibility index (Phi) is 6.73. The summed E-state index contributed by atoms with van der Waals surface area (Å²) in [7, 11) is 0. The van der Waals surface area contributed by atoms with Crippen LogP contribution < -0.4 is 16.6 Å². The maximum atomic E-state index is 11.2. The number of hydrogen-bond donors (Lipinski definition) is 3. The van der Waals surface area contributed by atoms with Gasteiger partial charge in [0.05, 0.1) is 0 Å². The normalized spacial score (nSPS) is 9.67. The van der Waals surface area contributed by atoms with Crippen LogP contribution in [0.2, 0.25) is 0 Å². The summed E-state index contributed by atoms with van der Waals surface area (Å²) < 4.78 is 0. The zero-order valence-corrected chi connectivity index (χ0v) is 9.45. The summed E-state index contributed by atoms with van der Waals surface area (Å²) in [5.74, 6) is 0. The van der Waals surface area contributed by atoms with Crippen LogP contribution in [0.15, 0.2) is 15.8 Å². The van der Waals surface area contributed by atoms with Gasteiger partial charge in [-0.15, -0.1) is 12.4 Å². The van der Waals surface area contributed by atoms with Gasteiger partial charge in [0.25, 0.3) is 5.56 Å². The van der Waals surface area contributed by atoms with Crippen molar-refractivity contribution in [3.05, 3.63) is 32.6 Å². The van der Waals surface area contributed by atoms with Crippen LogP contribution >= 0.6 is 12.4 Å². The maximum Gasteiger partial charge on any atom is 0.325 e. The summed E-state index contributed by atoms with van der Waals surface area (Å²) in [6.07, 6.45) is 3.65. The van der Waals surface area contributed by atoms with Crippen molar-refractivity contribution in [1.29, 1.82) is 0 Å². The van der Waals surface area contributed by atoms with E-state index in [0.717, 1.165) is 19.4 Å². The van der Waals surface area contributed by atoms with Crippen molar-refractivity contribution in [3.8, 4) is 0 Å². The molecule has 0 saturated heterocycles. The highest BCUT2D eigenvalue weighted by Crippen LogP contribution is 1.86. The van der Waals surface area contributed by atoms with E-state index in [9.17, 15) is 9.59 Å². The smallest absolute Gasteiger partial charge is 0.314 e. The molecule has 1 heterocycles. The summed E-state index contributed by atoms with van der Waals surface area (Å²) in [4.78, 5) is 26.5. The Bertz CT molecular complexity index is 385. The molecule has 0 atom stereocenters. The van der Waals surface area contributed by atoms with Gasteiger partial charge in [-0.05, 0) is 13.0 Å². The Hall–Kier alpha value is -1.07. The number of aromatic nitrogens is 2. The van der Waals surface area contributed by atoms with Gasteiger partial charge < -0.3 is 10.3 Å². The Morgan fingerprint density at radius 3 is 2.73 bits per heavy atom. The van der Waals surface area contributed by atoms with Crippen LogP contribution in [0.1, 0.15) is 25.3 Å². The molecular formula is C9H16ClN3O2. The lowest BCUT2D eigenvalue weighted by Gasteiger charge is -2.01. The predicted octanol–water partition coefficient (Wildman–Crippen LogP) is 0.375. The molecule has 0 aromatic carbocycles. The number of unbranched alkanes of at least 4 members (excludes halogenated alkanes) is 1. The van der Waals surface area contributed by atoms with Gasteiger partial charge in [-0.1, -0.05) is 13.3 Å². The van der Waals surface area contributed by atoms with Gasteiger partial charge in [0, 0.05) is 18.3 Å². The highest BCUT2D eigenvalue weighted by molar-refractivity contribution is 5.85. The lowest BCUT2D eigenvalue weighted by Crippen LogP contribution is -2.28. The second-order valence-corrected chi connectivity index (χ2v) is 3.13. The molecule has 15 heavy (non-hydrogen) atoms. The number of aromatic amines is 2. The second kappa shape index (κ2) is 7.25. The second-order valence-electron chi connectivity index (χ2n) is 3.13. The van der Waals surface area contributed by atoms with Gasteiger partial charge in [0.15, 0.2) is 0 Å². The molecule has 0 aliphatic heterocycles. The molecule has 0 radical (unpaired) electrons. The summed E-state index contributed by atoms with van der Waals surface area (Å²) >= 11 is 0. The molecule has 0 saturated carbocycles. The average molecular weight is 234 g/mol. The van der Waals surface area contributed by atoms with Crippen molar-refractivity contribution in [3.63, 3.8) is 0 Å². The first-order valence-corrected chi connectivity index (χ1v) is 4.75. The van der Waals surface area contributed by atoms with Crippen LogP contribution in [0.5, 0.6) is 0 Å². The molecule has 5 nitrogen and oxygen atoms in total. The molecule has 0 unspecified atom stereocenters. The van der Waals surface area contributed by atoms with Crippen LogP contribution in [0, 0.1) is 0 Å². The predicted molar refractivity (Wildman–Crippen MR) is 61.5 cm³/mol. The van der Waals surface area contributed by atoms with Gasteiger partial charge >= 0.3 is 5.69 Å². The zero-order chi connectivity index (χ0) is 10.4. The van der Waals surface area contributed by atoms with Crippen LogP contribution in [-0.4, -0.2) is 16.5 Å². The molecule has 0 aliphatic rings. The van der Waals surface area contributed by atoms with E-state index in [1.807, 2.05) is 0 Å². The van der Waals surface area contributed by atoms with Gasteiger partial charge in [-0.25, -0.2) is 4.79 Å². The van der Waals surface area contributed by atoms with Crippen LogP contribution in [-0.2, 0) is 6.54 Å². The zero-order valence-electron chi connectivity index (χ0n) is 8.63. The Morgan fingerprint density at radius 2 is 2.13 bits per heavy atom. The molecule has 0 aliphatic carbocycles. The summed E-state index contributed by atoms with van der Waals surface area (Å²) in [5.41, 5.74) is -0.231. The first-order chi connectivity index (χ1) is 6.74. The highest BCUT2D eigenvalue weighted by atomic mass is 35.5. The molecular weight excluding hydrogens is 218 g/mol. The Balaban J connectivity index is 0.00000196. The molecule has 1 aromatic heterocycles. The summed E-state index contributed by atoms with van der Waals surface area (Å²) in [6.45, 7) is 3.48. The Labute approximate surface area is 93.7 Å². The first-order valence-electron chi connectivity index (χ1n) is 4.75. The van der Waals surface area contributed by atoms with Crippen LogP contribution in [0.3, 0.4) is 0 Å². The molecule has 6 heteroatoms. The van der Waals surface area contributed by atoms with Crippen LogP contribution in [0.25, 0.3) is 0 Å². The highest BCUT2D eigenvalue weighted by Gasteiger charge is 1.98. The summed E-state index contributed by atoms with van der Waals surface area (Å²) in [6, 6.07) is 0. The van der Waals surface area contributed by atoms with Crippen molar-refractivity contribution < 1.29 is 0 Å². The van der Waals surface area contributed by atoms with Gasteiger partial charge in [-0.2, -0.15) is 0 Å². The quantitative estimate of drug-likeness (QED) is 0.644. The van der Waals surface area contributed by atoms with Crippen molar-refractivity contribution in [2.24, 2.45) is 0 Å². The molecule has 0 amide bonds. The third-order valence-electron chi connectivity index (χ3n) is 1.92. The topological polar surface area (TPSA) is 77.8 Å². The van der Waals surface area contributed by atoms with E-state index in [-0.39, 0.29) is 18.0 Å².